The molecule has 0 saturated carbocycles. The standard InChI is InChI=1S/C13H16ClN3O/c1-18-10-4-6-17-11(8-10)13(14)16-12(17)7-9-3-2-5-15-9/h4,6,8-9,15H,2-3,5,7H2,1H3. The number of nitrogens with one attached hydrogen (secondary N) is 1. The molecule has 5 heteroatoms. The Balaban J connectivity index is 1.96. The molecule has 0 bridgehead atoms. The van der Waals surface area contributed by atoms with Crippen LogP contribution in [-0.4, -0.2) is 29.1 Å². The topological polar surface area (TPSA) is 38.6 Å². The fraction of sp³-hybridized carbons (Fsp3) is 0.462. The van der Waals surface area contributed by atoms with Crippen LogP contribution in [0, 0.1) is 0 Å². The minimum atomic E-state index is 0.522. The van der Waals surface area contributed by atoms with Gasteiger partial charge in [0.15, 0.2) is 5.15 Å². The second-order valence-corrected chi connectivity index (χ2v) is 5.00. The number of rotatable bonds is 3. The molecule has 1 aliphatic heterocycles. The van der Waals surface area contributed by atoms with Gasteiger partial charge < -0.3 is 14.5 Å². The quantitative estimate of drug-likeness (QED) is 0.925. The van der Waals surface area contributed by atoms with Crippen LogP contribution in [0.2, 0.25) is 5.15 Å². The second kappa shape index (κ2) is 4.78. The van der Waals surface area contributed by atoms with Crippen LogP contribution >= 0.6 is 11.6 Å². The first kappa shape index (κ1) is 11.8. The van der Waals surface area contributed by atoms with Gasteiger partial charge in [0.25, 0.3) is 0 Å². The van der Waals surface area contributed by atoms with Crippen LogP contribution in [0.3, 0.4) is 0 Å². The van der Waals surface area contributed by atoms with E-state index in [1.165, 1.54) is 12.8 Å². The molecule has 0 amide bonds. The van der Waals surface area contributed by atoms with Crippen LogP contribution in [-0.2, 0) is 6.42 Å². The van der Waals surface area contributed by atoms with Crippen molar-refractivity contribution in [2.45, 2.75) is 25.3 Å². The van der Waals surface area contributed by atoms with Crippen LogP contribution in [0.25, 0.3) is 5.52 Å². The maximum Gasteiger partial charge on any atom is 0.155 e. The number of nitrogens with zero attached hydrogens (tertiary/aromatic N) is 2. The molecule has 2 aromatic heterocycles. The molecule has 96 valence electrons. The first-order chi connectivity index (χ1) is 8.78. The zero-order valence-electron chi connectivity index (χ0n) is 10.3. The summed E-state index contributed by atoms with van der Waals surface area (Å²) in [6, 6.07) is 4.37. The lowest BCUT2D eigenvalue weighted by Crippen LogP contribution is -2.24. The van der Waals surface area contributed by atoms with Crippen molar-refractivity contribution in [1.82, 2.24) is 14.7 Å². The largest absolute Gasteiger partial charge is 0.497 e. The van der Waals surface area contributed by atoms with Gasteiger partial charge in [-0.2, -0.15) is 0 Å². The Kier molecular flexibility index (Phi) is 3.14. The van der Waals surface area contributed by atoms with Crippen LogP contribution < -0.4 is 10.1 Å². The van der Waals surface area contributed by atoms with Gasteiger partial charge in [-0.1, -0.05) is 11.6 Å². The van der Waals surface area contributed by atoms with Gasteiger partial charge >= 0.3 is 0 Å². The summed E-state index contributed by atoms with van der Waals surface area (Å²) >= 11 is 6.18. The number of halogens is 1. The molecule has 1 aliphatic rings. The van der Waals surface area contributed by atoms with Gasteiger partial charge in [0, 0.05) is 24.7 Å². The van der Waals surface area contributed by atoms with Crippen molar-refractivity contribution >= 4 is 17.1 Å². The summed E-state index contributed by atoms with van der Waals surface area (Å²) in [5.41, 5.74) is 0.906. The van der Waals surface area contributed by atoms with E-state index in [-0.39, 0.29) is 0 Å². The van der Waals surface area contributed by atoms with Crippen LogP contribution in [0.5, 0.6) is 5.75 Å². The summed E-state index contributed by atoms with van der Waals surface area (Å²) in [5, 5.41) is 4.02. The number of aromatic nitrogens is 2. The Hall–Kier alpha value is -1.26. The highest BCUT2D eigenvalue weighted by Gasteiger charge is 2.18. The summed E-state index contributed by atoms with van der Waals surface area (Å²) in [5.74, 6) is 1.81. The molecular weight excluding hydrogens is 250 g/mol. The molecule has 4 nitrogen and oxygen atoms in total. The van der Waals surface area contributed by atoms with Crippen molar-refractivity contribution in [3.63, 3.8) is 0 Å². The molecule has 0 spiro atoms. The summed E-state index contributed by atoms with van der Waals surface area (Å²) in [4.78, 5) is 4.46. The summed E-state index contributed by atoms with van der Waals surface area (Å²) in [7, 11) is 1.65. The highest BCUT2D eigenvalue weighted by atomic mass is 35.5. The molecular formula is C13H16ClN3O. The first-order valence-electron chi connectivity index (χ1n) is 6.22. The lowest BCUT2D eigenvalue weighted by molar-refractivity contribution is 0.414. The first-order valence-corrected chi connectivity index (χ1v) is 6.59. The van der Waals surface area contributed by atoms with Crippen LogP contribution in [0.4, 0.5) is 0 Å². The highest BCUT2D eigenvalue weighted by molar-refractivity contribution is 6.32. The van der Waals surface area contributed by atoms with Crippen LogP contribution in [0.15, 0.2) is 18.3 Å². The molecule has 1 saturated heterocycles. The predicted octanol–water partition coefficient (Wildman–Crippen LogP) is 2.29. The van der Waals surface area contributed by atoms with E-state index in [4.69, 9.17) is 16.3 Å². The van der Waals surface area contributed by atoms with Crippen molar-refractivity contribution in [3.8, 4) is 5.75 Å². The normalized spacial score (nSPS) is 19.6. The number of hydrogen-bond acceptors (Lipinski definition) is 3. The van der Waals surface area contributed by atoms with E-state index >= 15 is 0 Å². The number of ether oxygens (including phenoxy) is 1. The molecule has 18 heavy (non-hydrogen) atoms. The van der Waals surface area contributed by atoms with E-state index in [0.29, 0.717) is 11.2 Å². The molecule has 1 N–H and O–H groups in total. The predicted molar refractivity (Wildman–Crippen MR) is 71.5 cm³/mol. The fourth-order valence-corrected chi connectivity index (χ4v) is 2.75. The van der Waals surface area contributed by atoms with Gasteiger partial charge in [-0.05, 0) is 25.5 Å². The lowest BCUT2D eigenvalue weighted by atomic mass is 10.1. The van der Waals surface area contributed by atoms with Crippen molar-refractivity contribution < 1.29 is 4.74 Å². The number of imidazole rings is 1. The van der Waals surface area contributed by atoms with Crippen molar-refractivity contribution in [2.24, 2.45) is 0 Å². The third-order valence-electron chi connectivity index (χ3n) is 3.47. The summed E-state index contributed by atoms with van der Waals surface area (Å²) in [6.07, 6.45) is 5.34. The molecule has 1 atom stereocenters. The van der Waals surface area contributed by atoms with E-state index in [0.717, 1.165) is 30.1 Å². The minimum Gasteiger partial charge on any atom is -0.497 e. The summed E-state index contributed by atoms with van der Waals surface area (Å²) in [6.45, 7) is 1.11. The van der Waals surface area contributed by atoms with Gasteiger partial charge in [0.2, 0.25) is 0 Å². The maximum atomic E-state index is 6.18. The smallest absolute Gasteiger partial charge is 0.155 e. The Morgan fingerprint density at radius 3 is 3.22 bits per heavy atom. The molecule has 0 radical (unpaired) electrons. The average molecular weight is 266 g/mol. The van der Waals surface area contributed by atoms with Gasteiger partial charge in [0.1, 0.15) is 11.6 Å². The van der Waals surface area contributed by atoms with E-state index in [9.17, 15) is 0 Å². The Bertz CT molecular complexity index is 561. The Morgan fingerprint density at radius 1 is 1.61 bits per heavy atom. The monoisotopic (exact) mass is 265 g/mol. The van der Waals surface area contributed by atoms with Crippen molar-refractivity contribution in [1.29, 1.82) is 0 Å². The third kappa shape index (κ3) is 2.06. The molecule has 2 aromatic rings. The van der Waals surface area contributed by atoms with Gasteiger partial charge in [0.05, 0.1) is 12.6 Å². The highest BCUT2D eigenvalue weighted by Crippen LogP contribution is 2.24. The number of methoxy groups -OCH3 is 1. The zero-order valence-corrected chi connectivity index (χ0v) is 11.1. The molecule has 3 heterocycles. The molecule has 3 rings (SSSR count). The maximum absolute atomic E-state index is 6.18. The average Bonchev–Trinajstić information content (AvgIpc) is 2.99. The molecule has 0 aliphatic carbocycles. The van der Waals surface area contributed by atoms with E-state index < -0.39 is 0 Å². The van der Waals surface area contributed by atoms with Gasteiger partial charge in [-0.25, -0.2) is 4.98 Å². The van der Waals surface area contributed by atoms with E-state index in [1.807, 2.05) is 22.7 Å². The molecule has 1 unspecified atom stereocenters. The SMILES string of the molecule is COc1ccn2c(CC3CCCN3)nc(Cl)c2c1. The van der Waals surface area contributed by atoms with E-state index in [1.54, 1.807) is 7.11 Å². The van der Waals surface area contributed by atoms with Crippen LogP contribution in [0.1, 0.15) is 18.7 Å². The Morgan fingerprint density at radius 2 is 2.50 bits per heavy atom. The Labute approximate surface area is 111 Å². The second-order valence-electron chi connectivity index (χ2n) is 4.64. The number of hydrogen-bond donors (Lipinski definition) is 1. The number of fused-ring (bicyclic) bond motifs is 1. The molecule has 0 aromatic carbocycles. The van der Waals surface area contributed by atoms with Gasteiger partial charge in [-0.15, -0.1) is 0 Å². The van der Waals surface area contributed by atoms with Crippen molar-refractivity contribution in [3.05, 3.63) is 29.3 Å². The minimum absolute atomic E-state index is 0.522. The fourth-order valence-electron chi connectivity index (χ4n) is 2.51. The molecule has 1 fully saturated rings. The summed E-state index contributed by atoms with van der Waals surface area (Å²) < 4.78 is 7.25. The third-order valence-corrected chi connectivity index (χ3v) is 3.75. The van der Waals surface area contributed by atoms with E-state index in [2.05, 4.69) is 10.3 Å². The number of pyridine rings is 1. The van der Waals surface area contributed by atoms with Gasteiger partial charge in [-0.3, -0.25) is 0 Å². The zero-order chi connectivity index (χ0) is 12.5. The van der Waals surface area contributed by atoms with Crippen molar-refractivity contribution in [2.75, 3.05) is 13.7 Å². The lowest BCUT2D eigenvalue weighted by Gasteiger charge is -2.09.